The Bertz CT molecular complexity index is 1340. The lowest BCUT2D eigenvalue weighted by molar-refractivity contribution is 0.102. The summed E-state index contributed by atoms with van der Waals surface area (Å²) in [5.41, 5.74) is 2.36. The average molecular weight is 454 g/mol. The van der Waals surface area contributed by atoms with Gasteiger partial charge in [0.15, 0.2) is 0 Å². The van der Waals surface area contributed by atoms with E-state index in [0.29, 0.717) is 17.0 Å². The van der Waals surface area contributed by atoms with Crippen molar-refractivity contribution in [3.8, 4) is 28.3 Å². The zero-order chi connectivity index (χ0) is 22.8. The first-order valence-corrected chi connectivity index (χ1v) is 9.83. The summed E-state index contributed by atoms with van der Waals surface area (Å²) in [6, 6.07) is 16.2. The van der Waals surface area contributed by atoms with E-state index in [2.05, 4.69) is 10.4 Å². The van der Waals surface area contributed by atoms with Crippen molar-refractivity contribution in [2.75, 3.05) is 12.4 Å². The van der Waals surface area contributed by atoms with Crippen LogP contribution in [0.15, 0.2) is 69.9 Å². The minimum Gasteiger partial charge on any atom is -0.496 e. The molecule has 32 heavy (non-hydrogen) atoms. The van der Waals surface area contributed by atoms with Crippen LogP contribution in [-0.4, -0.2) is 22.8 Å². The number of amides is 1. The van der Waals surface area contributed by atoms with Crippen LogP contribution in [0.5, 0.6) is 5.75 Å². The monoisotopic (exact) mass is 453 g/mol. The fourth-order valence-corrected chi connectivity index (χ4v) is 3.42. The van der Waals surface area contributed by atoms with Crippen molar-refractivity contribution in [3.63, 3.8) is 0 Å². The molecule has 0 saturated carbocycles. The normalized spacial score (nSPS) is 10.8. The number of halogens is 2. The number of aromatic nitrogens is 2. The van der Waals surface area contributed by atoms with Crippen LogP contribution in [0, 0.1) is 5.82 Å². The quantitative estimate of drug-likeness (QED) is 0.470. The number of rotatable bonds is 5. The van der Waals surface area contributed by atoms with Crippen molar-refractivity contribution in [3.05, 3.63) is 87.6 Å². The van der Waals surface area contributed by atoms with Crippen molar-refractivity contribution in [1.82, 2.24) is 9.78 Å². The molecule has 0 radical (unpaired) electrons. The third-order valence-electron chi connectivity index (χ3n) is 4.78. The molecule has 0 spiro atoms. The summed E-state index contributed by atoms with van der Waals surface area (Å²) in [6.45, 7) is 0. The smallest absolute Gasteiger partial charge is 0.437 e. The molecular formula is C23H17ClFN3O4. The highest BCUT2D eigenvalue weighted by Crippen LogP contribution is 2.34. The van der Waals surface area contributed by atoms with E-state index in [1.54, 1.807) is 49.6 Å². The number of carbonyl (C=O) groups is 1. The van der Waals surface area contributed by atoms with Gasteiger partial charge >= 0.3 is 5.76 Å². The van der Waals surface area contributed by atoms with Gasteiger partial charge in [-0.1, -0.05) is 29.8 Å². The highest BCUT2D eigenvalue weighted by molar-refractivity contribution is 6.34. The highest BCUT2D eigenvalue weighted by atomic mass is 35.5. The lowest BCUT2D eigenvalue weighted by Crippen LogP contribution is -2.14. The van der Waals surface area contributed by atoms with Crippen molar-refractivity contribution in [2.24, 2.45) is 7.05 Å². The maximum atomic E-state index is 14.0. The van der Waals surface area contributed by atoms with E-state index in [1.165, 1.54) is 25.2 Å². The van der Waals surface area contributed by atoms with Gasteiger partial charge in [0.05, 0.1) is 17.7 Å². The molecule has 1 amide bonds. The maximum Gasteiger partial charge on any atom is 0.437 e. The van der Waals surface area contributed by atoms with Crippen LogP contribution in [0.2, 0.25) is 5.02 Å². The predicted molar refractivity (Wildman–Crippen MR) is 119 cm³/mol. The number of aryl methyl sites for hydroxylation is 1. The van der Waals surface area contributed by atoms with Gasteiger partial charge in [-0.15, -0.1) is 5.10 Å². The molecule has 0 saturated heterocycles. The first-order chi connectivity index (χ1) is 15.4. The van der Waals surface area contributed by atoms with Gasteiger partial charge in [0.1, 0.15) is 11.6 Å². The molecule has 1 heterocycles. The summed E-state index contributed by atoms with van der Waals surface area (Å²) >= 11 is 5.96. The van der Waals surface area contributed by atoms with Gasteiger partial charge < -0.3 is 14.5 Å². The van der Waals surface area contributed by atoms with Crippen LogP contribution >= 0.6 is 11.6 Å². The van der Waals surface area contributed by atoms with Crippen LogP contribution in [0.3, 0.4) is 0 Å². The van der Waals surface area contributed by atoms with Crippen LogP contribution in [0.25, 0.3) is 22.6 Å². The Hall–Kier alpha value is -3.91. The van der Waals surface area contributed by atoms with E-state index in [-0.39, 0.29) is 16.5 Å². The number of hydrogen-bond donors (Lipinski definition) is 1. The molecular weight excluding hydrogens is 437 g/mol. The SMILES string of the molecule is COc1ccc(-c2nn(C)c(=O)o2)cc1-c1ccc(NC(=O)c2c(F)cccc2Cl)cc1. The number of ether oxygens (including phenoxy) is 1. The second kappa shape index (κ2) is 8.68. The molecule has 9 heteroatoms. The summed E-state index contributed by atoms with van der Waals surface area (Å²) < 4.78 is 25.7. The lowest BCUT2D eigenvalue weighted by atomic mass is 10.0. The molecule has 0 aliphatic heterocycles. The predicted octanol–water partition coefficient (Wildman–Crippen LogP) is 4.76. The van der Waals surface area contributed by atoms with Gasteiger partial charge in [-0.3, -0.25) is 4.79 Å². The third kappa shape index (κ3) is 4.13. The number of methoxy groups -OCH3 is 1. The van der Waals surface area contributed by atoms with Crippen molar-refractivity contribution in [2.45, 2.75) is 0 Å². The first-order valence-electron chi connectivity index (χ1n) is 9.45. The fourth-order valence-electron chi connectivity index (χ4n) is 3.17. The molecule has 0 aliphatic rings. The standard InChI is InChI=1S/C23H17ClFN3O4/c1-28-23(30)32-22(27-28)14-8-11-19(31-2)16(12-14)13-6-9-15(10-7-13)26-21(29)20-17(24)4-3-5-18(20)25/h3-12H,1-2H3,(H,26,29). The molecule has 3 aromatic carbocycles. The van der Waals surface area contributed by atoms with E-state index in [4.69, 9.17) is 20.8 Å². The molecule has 7 nitrogen and oxygen atoms in total. The van der Waals surface area contributed by atoms with E-state index < -0.39 is 17.5 Å². The largest absolute Gasteiger partial charge is 0.496 e. The van der Waals surface area contributed by atoms with E-state index >= 15 is 0 Å². The van der Waals surface area contributed by atoms with Crippen LogP contribution in [0.4, 0.5) is 10.1 Å². The molecule has 0 bridgehead atoms. The molecule has 0 atom stereocenters. The van der Waals surface area contributed by atoms with E-state index in [9.17, 15) is 14.0 Å². The van der Waals surface area contributed by atoms with Crippen molar-refractivity contribution in [1.29, 1.82) is 0 Å². The lowest BCUT2D eigenvalue weighted by Gasteiger charge is -2.12. The molecule has 162 valence electrons. The summed E-state index contributed by atoms with van der Waals surface area (Å²) in [6.07, 6.45) is 0. The van der Waals surface area contributed by atoms with E-state index in [1.807, 2.05) is 0 Å². The second-order valence-electron chi connectivity index (χ2n) is 6.84. The Morgan fingerprint density at radius 3 is 2.47 bits per heavy atom. The maximum absolute atomic E-state index is 14.0. The fraction of sp³-hybridized carbons (Fsp3) is 0.0870. The molecule has 0 fully saturated rings. The Kier molecular flexibility index (Phi) is 5.79. The third-order valence-corrected chi connectivity index (χ3v) is 5.09. The van der Waals surface area contributed by atoms with Crippen molar-refractivity contribution < 1.29 is 18.3 Å². The number of benzene rings is 3. The number of carbonyl (C=O) groups excluding carboxylic acids is 1. The van der Waals surface area contributed by atoms with Gasteiger partial charge in [0, 0.05) is 23.9 Å². The minimum absolute atomic E-state index is 0.0295. The Balaban J connectivity index is 1.63. The molecule has 1 N–H and O–H groups in total. The summed E-state index contributed by atoms with van der Waals surface area (Å²) in [5.74, 6) is -1.12. The summed E-state index contributed by atoms with van der Waals surface area (Å²) in [7, 11) is 3.05. The van der Waals surface area contributed by atoms with Gasteiger partial charge in [-0.2, -0.15) is 4.68 Å². The average Bonchev–Trinajstić information content (AvgIpc) is 3.12. The number of nitrogens with zero attached hydrogens (tertiary/aromatic N) is 2. The Morgan fingerprint density at radius 1 is 1.12 bits per heavy atom. The molecule has 0 unspecified atom stereocenters. The summed E-state index contributed by atoms with van der Waals surface area (Å²) in [5, 5.41) is 6.73. The zero-order valence-electron chi connectivity index (χ0n) is 17.1. The van der Waals surface area contributed by atoms with Gasteiger partial charge in [-0.25, -0.2) is 9.18 Å². The zero-order valence-corrected chi connectivity index (χ0v) is 17.8. The summed E-state index contributed by atoms with van der Waals surface area (Å²) in [4.78, 5) is 24.0. The molecule has 4 rings (SSSR count). The van der Waals surface area contributed by atoms with Gasteiger partial charge in [-0.05, 0) is 48.0 Å². The van der Waals surface area contributed by atoms with Crippen LogP contribution in [-0.2, 0) is 7.05 Å². The Labute approximate surface area is 187 Å². The molecule has 4 aromatic rings. The van der Waals surface area contributed by atoms with E-state index in [0.717, 1.165) is 15.8 Å². The Morgan fingerprint density at radius 2 is 1.84 bits per heavy atom. The highest BCUT2D eigenvalue weighted by Gasteiger charge is 2.17. The number of anilines is 1. The topological polar surface area (TPSA) is 86.4 Å². The minimum atomic E-state index is -0.700. The van der Waals surface area contributed by atoms with Crippen LogP contribution < -0.4 is 15.8 Å². The first kappa shape index (κ1) is 21.3. The second-order valence-corrected chi connectivity index (χ2v) is 7.25. The molecule has 0 aliphatic carbocycles. The van der Waals surface area contributed by atoms with Gasteiger partial charge in [0.25, 0.3) is 5.91 Å². The number of hydrogen-bond acceptors (Lipinski definition) is 5. The van der Waals surface area contributed by atoms with Gasteiger partial charge in [0.2, 0.25) is 5.89 Å². The number of nitrogens with one attached hydrogen (secondary N) is 1. The molecule has 1 aromatic heterocycles. The van der Waals surface area contributed by atoms with Crippen molar-refractivity contribution >= 4 is 23.2 Å². The van der Waals surface area contributed by atoms with Crippen LogP contribution in [0.1, 0.15) is 10.4 Å².